The molecule has 98 valence electrons. The summed E-state index contributed by atoms with van der Waals surface area (Å²) in [5, 5.41) is 11.1. The lowest BCUT2D eigenvalue weighted by atomic mass is 10.1. The number of carbonyl (C=O) groups excluding carboxylic acids is 1. The van der Waals surface area contributed by atoms with Crippen LogP contribution in [0.2, 0.25) is 0 Å². The minimum atomic E-state index is -0.299. The van der Waals surface area contributed by atoms with E-state index >= 15 is 0 Å². The van der Waals surface area contributed by atoms with Gasteiger partial charge in [0.15, 0.2) is 0 Å². The van der Waals surface area contributed by atoms with Crippen LogP contribution in [-0.4, -0.2) is 10.9 Å². The Morgan fingerprint density at radius 3 is 2.30 bits per heavy atom. The summed E-state index contributed by atoms with van der Waals surface area (Å²) in [6.07, 6.45) is 7.33. The van der Waals surface area contributed by atoms with E-state index in [4.69, 9.17) is 5.26 Å². The fourth-order valence-electron chi connectivity index (χ4n) is 1.62. The number of carbonyl (C=O) groups is 1. The Labute approximate surface area is 117 Å². The molecule has 0 unspecified atom stereocenters. The van der Waals surface area contributed by atoms with Crippen molar-refractivity contribution in [1.29, 1.82) is 5.26 Å². The van der Waals surface area contributed by atoms with E-state index in [1.54, 1.807) is 12.4 Å². The lowest BCUT2D eigenvalue weighted by Crippen LogP contribution is -2.09. The highest BCUT2D eigenvalue weighted by Crippen LogP contribution is 2.12. The monoisotopic (exact) mass is 263 g/mol. The van der Waals surface area contributed by atoms with E-state index in [1.807, 2.05) is 54.6 Å². The predicted octanol–water partition coefficient (Wildman–Crippen LogP) is 3.10. The molecular formula is C16H13N3O. The quantitative estimate of drug-likeness (QED) is 0.921. The Morgan fingerprint density at radius 1 is 1.10 bits per heavy atom. The van der Waals surface area contributed by atoms with Crippen molar-refractivity contribution in [2.75, 3.05) is 5.32 Å². The molecule has 1 aromatic heterocycles. The van der Waals surface area contributed by atoms with Gasteiger partial charge in [0, 0.05) is 18.1 Å². The summed E-state index contributed by atoms with van der Waals surface area (Å²) in [4.78, 5) is 15.2. The number of nitriles is 1. The Kier molecular flexibility index (Phi) is 4.63. The zero-order valence-electron chi connectivity index (χ0n) is 10.8. The normalized spacial score (nSPS) is 10.2. The van der Waals surface area contributed by atoms with Crippen LogP contribution in [0.1, 0.15) is 17.5 Å². The van der Waals surface area contributed by atoms with Gasteiger partial charge in [0.25, 0.3) is 0 Å². The molecule has 0 aliphatic rings. The number of nitrogens with zero attached hydrogens (tertiary/aromatic N) is 2. The summed E-state index contributed by atoms with van der Waals surface area (Å²) < 4.78 is 0. The lowest BCUT2D eigenvalue weighted by molar-refractivity contribution is -0.115. The Balaban J connectivity index is 2.00. The Morgan fingerprint density at radius 2 is 1.70 bits per heavy atom. The molecule has 0 radical (unpaired) electrons. The zero-order chi connectivity index (χ0) is 14.2. The van der Waals surface area contributed by atoms with E-state index < -0.39 is 0 Å². The number of amides is 1. The number of hydrogen-bond donors (Lipinski definition) is 1. The van der Waals surface area contributed by atoms with Gasteiger partial charge in [-0.15, -0.1) is 0 Å². The maximum atomic E-state index is 11.3. The number of rotatable bonds is 4. The number of pyridine rings is 1. The molecule has 0 bridgehead atoms. The molecule has 0 aliphatic carbocycles. The predicted molar refractivity (Wildman–Crippen MR) is 78.5 cm³/mol. The van der Waals surface area contributed by atoms with Crippen molar-refractivity contribution in [3.05, 3.63) is 59.9 Å². The van der Waals surface area contributed by atoms with Crippen molar-refractivity contribution >= 4 is 23.7 Å². The molecule has 0 atom stereocenters. The first-order valence-electron chi connectivity index (χ1n) is 6.13. The van der Waals surface area contributed by atoms with Gasteiger partial charge in [0.2, 0.25) is 5.91 Å². The molecule has 4 nitrogen and oxygen atoms in total. The third-order valence-electron chi connectivity index (χ3n) is 2.61. The van der Waals surface area contributed by atoms with Gasteiger partial charge in [0.05, 0.1) is 6.07 Å². The highest BCUT2D eigenvalue weighted by atomic mass is 16.1. The largest absolute Gasteiger partial charge is 0.325 e. The summed E-state index contributed by atoms with van der Waals surface area (Å²) in [6, 6.07) is 13.1. The number of nitrogens with one attached hydrogen (secondary N) is 1. The van der Waals surface area contributed by atoms with E-state index in [2.05, 4.69) is 10.3 Å². The van der Waals surface area contributed by atoms with Gasteiger partial charge in [-0.2, -0.15) is 5.26 Å². The molecule has 0 spiro atoms. The van der Waals surface area contributed by atoms with Crippen LogP contribution in [0.4, 0.5) is 5.69 Å². The Hall–Kier alpha value is -2.93. The van der Waals surface area contributed by atoms with Crippen molar-refractivity contribution in [3.8, 4) is 6.07 Å². The smallest absolute Gasteiger partial charge is 0.238 e. The summed E-state index contributed by atoms with van der Waals surface area (Å²) in [6.45, 7) is 0. The molecule has 0 aliphatic heterocycles. The van der Waals surface area contributed by atoms with Gasteiger partial charge in [-0.05, 0) is 35.4 Å². The SMILES string of the molecule is N#CCC(=O)Nc1ccc(C=Cc2ccncc2)cc1. The van der Waals surface area contributed by atoms with Crippen LogP contribution in [0.5, 0.6) is 0 Å². The van der Waals surface area contributed by atoms with Crippen molar-refractivity contribution in [2.45, 2.75) is 6.42 Å². The van der Waals surface area contributed by atoms with Crippen LogP contribution in [0, 0.1) is 11.3 Å². The van der Waals surface area contributed by atoms with E-state index in [-0.39, 0.29) is 12.3 Å². The molecule has 2 rings (SSSR count). The second-order valence-corrected chi connectivity index (χ2v) is 4.12. The molecule has 20 heavy (non-hydrogen) atoms. The summed E-state index contributed by atoms with van der Waals surface area (Å²) >= 11 is 0. The average molecular weight is 263 g/mol. The van der Waals surface area contributed by atoms with Gasteiger partial charge in [-0.1, -0.05) is 24.3 Å². The number of benzene rings is 1. The molecule has 4 heteroatoms. The molecule has 1 amide bonds. The van der Waals surface area contributed by atoms with Crippen LogP contribution in [0.15, 0.2) is 48.8 Å². The minimum Gasteiger partial charge on any atom is -0.325 e. The van der Waals surface area contributed by atoms with Crippen molar-refractivity contribution < 1.29 is 4.79 Å². The fourth-order valence-corrected chi connectivity index (χ4v) is 1.62. The summed E-state index contributed by atoms with van der Waals surface area (Å²) in [7, 11) is 0. The first kappa shape index (κ1) is 13.5. The summed E-state index contributed by atoms with van der Waals surface area (Å²) in [5.74, 6) is -0.299. The second kappa shape index (κ2) is 6.86. The van der Waals surface area contributed by atoms with E-state index in [1.165, 1.54) is 0 Å². The summed E-state index contributed by atoms with van der Waals surface area (Å²) in [5.41, 5.74) is 2.79. The van der Waals surface area contributed by atoms with Crippen LogP contribution >= 0.6 is 0 Å². The number of hydrogen-bond acceptors (Lipinski definition) is 3. The van der Waals surface area contributed by atoms with Gasteiger partial charge >= 0.3 is 0 Å². The molecule has 1 aromatic carbocycles. The third-order valence-corrected chi connectivity index (χ3v) is 2.61. The topological polar surface area (TPSA) is 65.8 Å². The first-order valence-corrected chi connectivity index (χ1v) is 6.13. The van der Waals surface area contributed by atoms with E-state index in [0.717, 1.165) is 11.1 Å². The van der Waals surface area contributed by atoms with Crippen LogP contribution in [0.25, 0.3) is 12.2 Å². The molecule has 0 fully saturated rings. The van der Waals surface area contributed by atoms with E-state index in [0.29, 0.717) is 5.69 Å². The van der Waals surface area contributed by atoms with Crippen molar-refractivity contribution in [3.63, 3.8) is 0 Å². The van der Waals surface area contributed by atoms with Crippen molar-refractivity contribution in [2.24, 2.45) is 0 Å². The zero-order valence-corrected chi connectivity index (χ0v) is 10.8. The molecule has 1 heterocycles. The highest BCUT2D eigenvalue weighted by Gasteiger charge is 2.00. The molecule has 2 aromatic rings. The van der Waals surface area contributed by atoms with Crippen LogP contribution in [-0.2, 0) is 4.79 Å². The van der Waals surface area contributed by atoms with Crippen LogP contribution < -0.4 is 5.32 Å². The standard InChI is InChI=1S/C16H13N3O/c17-10-7-16(20)19-15-5-3-13(4-6-15)1-2-14-8-11-18-12-9-14/h1-6,8-9,11-12H,7H2,(H,19,20). The Bertz CT molecular complexity index is 640. The maximum absolute atomic E-state index is 11.3. The second-order valence-electron chi connectivity index (χ2n) is 4.12. The van der Waals surface area contributed by atoms with Gasteiger partial charge < -0.3 is 5.32 Å². The molecule has 0 saturated carbocycles. The van der Waals surface area contributed by atoms with E-state index in [9.17, 15) is 4.79 Å². The highest BCUT2D eigenvalue weighted by molar-refractivity contribution is 5.92. The first-order chi connectivity index (χ1) is 9.78. The average Bonchev–Trinajstić information content (AvgIpc) is 2.48. The third kappa shape index (κ3) is 4.07. The van der Waals surface area contributed by atoms with Crippen LogP contribution in [0.3, 0.4) is 0 Å². The lowest BCUT2D eigenvalue weighted by Gasteiger charge is -2.02. The number of anilines is 1. The van der Waals surface area contributed by atoms with Gasteiger partial charge in [-0.3, -0.25) is 9.78 Å². The molecule has 0 saturated heterocycles. The fraction of sp³-hybridized carbons (Fsp3) is 0.0625. The molecular weight excluding hydrogens is 250 g/mol. The molecule has 1 N–H and O–H groups in total. The minimum absolute atomic E-state index is 0.135. The van der Waals surface area contributed by atoms with Gasteiger partial charge in [-0.25, -0.2) is 0 Å². The van der Waals surface area contributed by atoms with Crippen molar-refractivity contribution in [1.82, 2.24) is 4.98 Å². The maximum Gasteiger partial charge on any atom is 0.238 e. The number of aromatic nitrogens is 1. The van der Waals surface area contributed by atoms with Gasteiger partial charge in [0.1, 0.15) is 6.42 Å².